The van der Waals surface area contributed by atoms with Gasteiger partial charge in [0, 0.05) is 5.56 Å². The molecule has 2 saturated carbocycles. The second-order valence-corrected chi connectivity index (χ2v) is 12.2. The molecule has 0 aromatic heterocycles. The van der Waals surface area contributed by atoms with E-state index in [-0.39, 0.29) is 17.7 Å². The van der Waals surface area contributed by atoms with Gasteiger partial charge in [0.25, 0.3) is 0 Å². The highest BCUT2D eigenvalue weighted by atomic mass is 19.1. The molecule has 0 aliphatic heterocycles. The Hall–Kier alpha value is -2.75. The average molecular weight is 549 g/mol. The molecule has 1 nitrogen and oxygen atoms in total. The lowest BCUT2D eigenvalue weighted by Crippen LogP contribution is -2.30. The highest BCUT2D eigenvalue weighted by molar-refractivity contribution is 5.66. The second kappa shape index (κ2) is 13.7. The van der Waals surface area contributed by atoms with E-state index in [0.29, 0.717) is 5.92 Å². The molecule has 1 unspecified atom stereocenters. The molecule has 5 rings (SSSR count). The Morgan fingerprint density at radius 3 is 2.20 bits per heavy atom. The Balaban J connectivity index is 1.18. The first kappa shape index (κ1) is 28.8. The first-order chi connectivity index (χ1) is 19.5. The zero-order valence-corrected chi connectivity index (χ0v) is 23.8. The van der Waals surface area contributed by atoms with E-state index >= 15 is 4.39 Å². The molecule has 0 saturated heterocycles. The summed E-state index contributed by atoms with van der Waals surface area (Å²) in [6.07, 6.45) is 15.7. The summed E-state index contributed by atoms with van der Waals surface area (Å²) in [6.45, 7) is 2.32. The second-order valence-electron chi connectivity index (χ2n) is 12.2. The van der Waals surface area contributed by atoms with Crippen LogP contribution in [0.15, 0.2) is 60.7 Å². The van der Waals surface area contributed by atoms with Gasteiger partial charge in [0.2, 0.25) is 0 Å². The van der Waals surface area contributed by atoms with Gasteiger partial charge in [-0.05, 0) is 90.7 Å². The van der Waals surface area contributed by atoms with Crippen LogP contribution in [0.3, 0.4) is 0 Å². The van der Waals surface area contributed by atoms with Crippen molar-refractivity contribution in [2.75, 3.05) is 0 Å². The normalized spacial score (nSPS) is 22.6. The molecule has 0 bridgehead atoms. The summed E-state index contributed by atoms with van der Waals surface area (Å²) in [5.74, 6) is 0.293. The fraction of sp³-hybridized carbons (Fsp3) is 0.500. The summed E-state index contributed by atoms with van der Waals surface area (Å²) in [5.41, 5.74) is 2.22. The van der Waals surface area contributed by atoms with E-state index in [1.807, 2.05) is 36.4 Å². The van der Waals surface area contributed by atoms with E-state index < -0.39 is 23.2 Å². The summed E-state index contributed by atoms with van der Waals surface area (Å²) in [7, 11) is 0. The molecule has 4 heteroatoms. The van der Waals surface area contributed by atoms with Crippen LogP contribution in [-0.4, -0.2) is 0 Å². The zero-order valence-electron chi connectivity index (χ0n) is 23.8. The molecule has 0 radical (unpaired) electrons. The minimum absolute atomic E-state index is 0.0556. The van der Waals surface area contributed by atoms with Crippen molar-refractivity contribution in [2.45, 2.75) is 96.5 Å². The predicted octanol–water partition coefficient (Wildman–Crippen LogP) is 11.0. The van der Waals surface area contributed by atoms with Gasteiger partial charge < -0.3 is 4.74 Å². The van der Waals surface area contributed by atoms with Crippen molar-refractivity contribution < 1.29 is 17.9 Å². The third kappa shape index (κ3) is 7.11. The maximum Gasteiger partial charge on any atom is 0.191 e. The van der Waals surface area contributed by atoms with E-state index in [1.165, 1.54) is 64.2 Å². The van der Waals surface area contributed by atoms with Crippen molar-refractivity contribution in [2.24, 2.45) is 17.8 Å². The van der Waals surface area contributed by atoms with Crippen LogP contribution in [0.2, 0.25) is 0 Å². The largest absolute Gasteiger partial charge is 0.483 e. The van der Waals surface area contributed by atoms with Gasteiger partial charge in [-0.1, -0.05) is 94.3 Å². The molecule has 214 valence electrons. The molecule has 2 aliphatic carbocycles. The number of benzene rings is 3. The standard InChI is InChI=1S/C36H43F3O/c1-2-3-4-5-7-10-25-13-14-28-20-29(16-15-27(28)19-25)30-17-18-32(33(37)21-30)31-22-34(38)36(35(39)23-31)40-24-26-11-8-6-9-12-26/h6,8-9,11-12,17-18,21-23,25,27-29H,2-5,7,10,13-16,19-20,24H2,1H3/t25?,27-,28-,29-/m1/s1. The summed E-state index contributed by atoms with van der Waals surface area (Å²) in [4.78, 5) is 0. The molecule has 2 aliphatic rings. The van der Waals surface area contributed by atoms with Crippen LogP contribution in [-0.2, 0) is 6.61 Å². The number of rotatable bonds is 11. The smallest absolute Gasteiger partial charge is 0.191 e. The van der Waals surface area contributed by atoms with Crippen molar-refractivity contribution in [3.05, 3.63) is 89.2 Å². The van der Waals surface area contributed by atoms with Crippen LogP contribution in [0.4, 0.5) is 13.2 Å². The van der Waals surface area contributed by atoms with Gasteiger partial charge in [-0.15, -0.1) is 0 Å². The van der Waals surface area contributed by atoms with Crippen LogP contribution in [0.1, 0.15) is 101 Å². The van der Waals surface area contributed by atoms with E-state index in [4.69, 9.17) is 4.74 Å². The van der Waals surface area contributed by atoms with Crippen LogP contribution in [0, 0.1) is 35.2 Å². The lowest BCUT2D eigenvalue weighted by Gasteiger charge is -2.42. The van der Waals surface area contributed by atoms with Gasteiger partial charge in [0.15, 0.2) is 17.4 Å². The monoisotopic (exact) mass is 548 g/mol. The molecule has 40 heavy (non-hydrogen) atoms. The Morgan fingerprint density at radius 1 is 0.725 bits per heavy atom. The number of ether oxygens (including phenoxy) is 1. The maximum absolute atomic E-state index is 15.3. The van der Waals surface area contributed by atoms with Gasteiger partial charge in [0.05, 0.1) is 0 Å². The van der Waals surface area contributed by atoms with Crippen LogP contribution in [0.25, 0.3) is 11.1 Å². The molecular weight excluding hydrogens is 505 g/mol. The minimum Gasteiger partial charge on any atom is -0.483 e. The zero-order chi connectivity index (χ0) is 27.9. The first-order valence-corrected chi connectivity index (χ1v) is 15.5. The van der Waals surface area contributed by atoms with Crippen LogP contribution < -0.4 is 4.74 Å². The van der Waals surface area contributed by atoms with E-state index in [0.717, 1.165) is 53.9 Å². The van der Waals surface area contributed by atoms with Gasteiger partial charge in [-0.25, -0.2) is 13.2 Å². The third-order valence-electron chi connectivity index (χ3n) is 9.44. The molecular formula is C36H43F3O. The van der Waals surface area contributed by atoms with Crippen LogP contribution >= 0.6 is 0 Å². The fourth-order valence-electron chi connectivity index (χ4n) is 7.19. The Bertz CT molecular complexity index is 1220. The Morgan fingerprint density at radius 2 is 1.45 bits per heavy atom. The molecule has 0 N–H and O–H groups in total. The summed E-state index contributed by atoms with van der Waals surface area (Å²) >= 11 is 0. The van der Waals surface area contributed by atoms with E-state index in [9.17, 15) is 8.78 Å². The predicted molar refractivity (Wildman–Crippen MR) is 157 cm³/mol. The fourth-order valence-corrected chi connectivity index (χ4v) is 7.19. The van der Waals surface area contributed by atoms with Crippen molar-refractivity contribution in [1.29, 1.82) is 0 Å². The highest BCUT2D eigenvalue weighted by Crippen LogP contribution is 2.48. The van der Waals surface area contributed by atoms with Crippen molar-refractivity contribution in [3.63, 3.8) is 0 Å². The third-order valence-corrected chi connectivity index (χ3v) is 9.44. The lowest BCUT2D eigenvalue weighted by atomic mass is 9.63. The minimum atomic E-state index is -0.829. The molecule has 0 amide bonds. The van der Waals surface area contributed by atoms with E-state index in [2.05, 4.69) is 6.92 Å². The van der Waals surface area contributed by atoms with E-state index in [1.54, 1.807) is 12.1 Å². The molecule has 4 atom stereocenters. The lowest BCUT2D eigenvalue weighted by molar-refractivity contribution is 0.113. The van der Waals surface area contributed by atoms with Gasteiger partial charge in [-0.3, -0.25) is 0 Å². The van der Waals surface area contributed by atoms with Crippen molar-refractivity contribution in [3.8, 4) is 16.9 Å². The molecule has 0 spiro atoms. The number of unbranched alkanes of at least 4 members (excludes halogenated alkanes) is 4. The number of halogens is 3. The Kier molecular flexibility index (Phi) is 9.88. The molecule has 3 aromatic carbocycles. The molecule has 3 aromatic rings. The van der Waals surface area contributed by atoms with Gasteiger partial charge >= 0.3 is 0 Å². The number of hydrogen-bond donors (Lipinski definition) is 0. The summed E-state index contributed by atoms with van der Waals surface area (Å²) in [6, 6.07) is 16.8. The number of hydrogen-bond acceptors (Lipinski definition) is 1. The highest BCUT2D eigenvalue weighted by Gasteiger charge is 2.36. The van der Waals surface area contributed by atoms with Gasteiger partial charge in [-0.2, -0.15) is 0 Å². The number of fused-ring (bicyclic) bond motifs is 1. The summed E-state index contributed by atoms with van der Waals surface area (Å²) < 4.78 is 50.4. The first-order valence-electron chi connectivity index (χ1n) is 15.5. The van der Waals surface area contributed by atoms with Crippen molar-refractivity contribution in [1.82, 2.24) is 0 Å². The quantitative estimate of drug-likeness (QED) is 0.217. The van der Waals surface area contributed by atoms with Gasteiger partial charge in [0.1, 0.15) is 12.4 Å². The summed E-state index contributed by atoms with van der Waals surface area (Å²) in [5, 5.41) is 0. The SMILES string of the molecule is CCCCCCCC1CC[C@@H]2C[C@H](c3ccc(-c4cc(F)c(OCc5ccccc5)c(F)c4)c(F)c3)CC[C@@H]2C1. The Labute approximate surface area is 238 Å². The van der Waals surface area contributed by atoms with Crippen molar-refractivity contribution >= 4 is 0 Å². The maximum atomic E-state index is 15.3. The molecule has 2 fully saturated rings. The topological polar surface area (TPSA) is 9.23 Å². The molecule has 0 heterocycles. The average Bonchev–Trinajstić information content (AvgIpc) is 2.96. The van der Waals surface area contributed by atoms with Crippen LogP contribution in [0.5, 0.6) is 5.75 Å².